The molecule has 2 aliphatic rings. The molecule has 0 unspecified atom stereocenters. The summed E-state index contributed by atoms with van der Waals surface area (Å²) in [5, 5.41) is 11.9. The van der Waals surface area contributed by atoms with Gasteiger partial charge < -0.3 is 15.0 Å². The lowest BCUT2D eigenvalue weighted by molar-refractivity contribution is -0.125. The molecule has 0 bridgehead atoms. The number of anilines is 1. The first-order chi connectivity index (χ1) is 12.4. The van der Waals surface area contributed by atoms with Crippen molar-refractivity contribution < 1.29 is 19.1 Å². The van der Waals surface area contributed by atoms with Gasteiger partial charge in [-0.3, -0.25) is 9.59 Å². The molecule has 1 atom stereocenters. The molecule has 0 spiro atoms. The Bertz CT molecular complexity index is 764. The maximum absolute atomic E-state index is 12.1. The quantitative estimate of drug-likeness (QED) is 0.784. The van der Waals surface area contributed by atoms with Gasteiger partial charge >= 0.3 is 5.97 Å². The van der Waals surface area contributed by atoms with Gasteiger partial charge in [-0.15, -0.1) is 0 Å². The Morgan fingerprint density at radius 2 is 2.04 bits per heavy atom. The highest BCUT2D eigenvalue weighted by molar-refractivity contribution is 5.96. The fourth-order valence-corrected chi connectivity index (χ4v) is 3.12. The first-order valence-electron chi connectivity index (χ1n) is 8.73. The van der Waals surface area contributed by atoms with Crippen LogP contribution in [0.3, 0.4) is 0 Å². The molecule has 0 radical (unpaired) electrons. The molecule has 1 heterocycles. The summed E-state index contributed by atoms with van der Waals surface area (Å²) in [7, 11) is 0. The lowest BCUT2D eigenvalue weighted by Crippen LogP contribution is -2.48. The number of nitrogens with one attached hydrogen (secondary N) is 1. The number of nitriles is 1. The highest BCUT2D eigenvalue weighted by Crippen LogP contribution is 2.39. The molecule has 3 rings (SSSR count). The summed E-state index contributed by atoms with van der Waals surface area (Å²) in [6.07, 6.45) is 3.20. The van der Waals surface area contributed by atoms with E-state index >= 15 is 0 Å². The summed E-state index contributed by atoms with van der Waals surface area (Å²) >= 11 is 0. The van der Waals surface area contributed by atoms with Crippen LogP contribution in [0.2, 0.25) is 0 Å². The number of benzene rings is 1. The molecule has 1 saturated heterocycles. The van der Waals surface area contributed by atoms with E-state index in [2.05, 4.69) is 11.4 Å². The number of hydrogen-bond acceptors (Lipinski definition) is 5. The van der Waals surface area contributed by atoms with Crippen LogP contribution in [-0.2, 0) is 14.3 Å². The largest absolute Gasteiger partial charge is 0.452 e. The minimum atomic E-state index is -0.909. The number of carbonyl (C=O) groups is 3. The van der Waals surface area contributed by atoms with Crippen LogP contribution in [-0.4, -0.2) is 36.5 Å². The van der Waals surface area contributed by atoms with Crippen LogP contribution in [0.1, 0.15) is 43.0 Å². The first-order valence-corrected chi connectivity index (χ1v) is 8.73. The van der Waals surface area contributed by atoms with Gasteiger partial charge in [0.25, 0.3) is 5.91 Å². The average Bonchev–Trinajstić information content (AvgIpc) is 3.42. The lowest BCUT2D eigenvalue weighted by Gasteiger charge is -2.22. The van der Waals surface area contributed by atoms with Crippen molar-refractivity contribution in [3.05, 3.63) is 29.8 Å². The van der Waals surface area contributed by atoms with Crippen molar-refractivity contribution in [2.45, 2.75) is 38.1 Å². The average molecular weight is 355 g/mol. The fourth-order valence-electron chi connectivity index (χ4n) is 3.12. The normalized spacial score (nSPS) is 18.8. The van der Waals surface area contributed by atoms with Crippen molar-refractivity contribution in [1.29, 1.82) is 5.26 Å². The molecule has 1 aliphatic carbocycles. The Balaban J connectivity index is 1.52. The van der Waals surface area contributed by atoms with Gasteiger partial charge in [-0.05, 0) is 56.4 Å². The molecule has 2 fully saturated rings. The molecule has 0 aromatic heterocycles. The van der Waals surface area contributed by atoms with E-state index < -0.39 is 24.0 Å². The maximum Gasteiger partial charge on any atom is 0.338 e. The molecular formula is C19H21N3O4. The van der Waals surface area contributed by atoms with Gasteiger partial charge in [0.05, 0.1) is 11.6 Å². The molecular weight excluding hydrogens is 334 g/mol. The van der Waals surface area contributed by atoms with Crippen molar-refractivity contribution >= 4 is 23.5 Å². The molecule has 7 nitrogen and oxygen atoms in total. The Hall–Kier alpha value is -2.88. The molecule has 2 amide bonds. The van der Waals surface area contributed by atoms with E-state index in [-0.39, 0.29) is 11.8 Å². The summed E-state index contributed by atoms with van der Waals surface area (Å²) in [5.74, 6) is -0.876. The Morgan fingerprint density at radius 3 is 2.58 bits per heavy atom. The highest BCUT2D eigenvalue weighted by Gasteiger charge is 2.43. The van der Waals surface area contributed by atoms with E-state index in [1.54, 1.807) is 36.1 Å². The van der Waals surface area contributed by atoms with Crippen LogP contribution >= 0.6 is 0 Å². The summed E-state index contributed by atoms with van der Waals surface area (Å²) < 4.78 is 5.03. The number of hydrogen-bond donors (Lipinski definition) is 1. The zero-order valence-corrected chi connectivity index (χ0v) is 14.7. The van der Waals surface area contributed by atoms with E-state index in [0.717, 1.165) is 24.9 Å². The molecule has 1 aromatic rings. The van der Waals surface area contributed by atoms with Crippen molar-refractivity contribution in [1.82, 2.24) is 5.32 Å². The van der Waals surface area contributed by atoms with E-state index in [0.29, 0.717) is 18.5 Å². The van der Waals surface area contributed by atoms with Gasteiger partial charge in [0.1, 0.15) is 5.54 Å². The van der Waals surface area contributed by atoms with Gasteiger partial charge in [0, 0.05) is 18.7 Å². The van der Waals surface area contributed by atoms with Crippen molar-refractivity contribution in [2.24, 2.45) is 5.92 Å². The third-order valence-corrected chi connectivity index (χ3v) is 4.85. The number of ether oxygens (including phenoxy) is 1. The van der Waals surface area contributed by atoms with Gasteiger partial charge in [0.15, 0.2) is 6.61 Å². The number of carbonyl (C=O) groups excluding carboxylic acids is 3. The molecule has 1 saturated carbocycles. The van der Waals surface area contributed by atoms with Crippen molar-refractivity contribution in [3.8, 4) is 6.07 Å². The molecule has 26 heavy (non-hydrogen) atoms. The molecule has 7 heteroatoms. The monoisotopic (exact) mass is 355 g/mol. The van der Waals surface area contributed by atoms with Gasteiger partial charge in [0.2, 0.25) is 5.91 Å². The van der Waals surface area contributed by atoms with Crippen LogP contribution in [0.15, 0.2) is 24.3 Å². The summed E-state index contributed by atoms with van der Waals surface area (Å²) in [6, 6.07) is 8.66. The van der Waals surface area contributed by atoms with Gasteiger partial charge in [-0.25, -0.2) is 4.79 Å². The fraction of sp³-hybridized carbons (Fsp3) is 0.474. The first kappa shape index (κ1) is 17.9. The second-order valence-corrected chi connectivity index (χ2v) is 6.91. The van der Waals surface area contributed by atoms with Gasteiger partial charge in [-0.2, -0.15) is 5.26 Å². The summed E-state index contributed by atoms with van der Waals surface area (Å²) in [5.41, 5.74) is 0.141. The Kier molecular flexibility index (Phi) is 4.94. The number of amides is 2. The van der Waals surface area contributed by atoms with Crippen LogP contribution < -0.4 is 10.2 Å². The number of rotatable bonds is 6. The SMILES string of the molecule is C[C@](C#N)(NC(=O)COC(=O)c1ccc(N2CCCC2=O)cc1)C1CC1. The third-order valence-electron chi connectivity index (χ3n) is 4.85. The standard InChI is InChI=1S/C19H21N3O4/c1-19(12-20,14-6-7-14)21-16(23)11-26-18(25)13-4-8-15(9-5-13)22-10-2-3-17(22)24/h4-5,8-9,14H,2-3,6-7,10-11H2,1H3,(H,21,23)/t19-/m1/s1. The second kappa shape index (κ2) is 7.16. The second-order valence-electron chi connectivity index (χ2n) is 6.91. The predicted molar refractivity (Wildman–Crippen MR) is 93.2 cm³/mol. The lowest BCUT2D eigenvalue weighted by atomic mass is 9.98. The number of nitrogens with zero attached hydrogens (tertiary/aromatic N) is 2. The summed E-state index contributed by atoms with van der Waals surface area (Å²) in [6.45, 7) is 1.93. The third kappa shape index (κ3) is 3.85. The minimum absolute atomic E-state index is 0.0770. The predicted octanol–water partition coefficient (Wildman–Crippen LogP) is 1.78. The maximum atomic E-state index is 12.1. The van der Waals surface area contributed by atoms with E-state index in [1.165, 1.54) is 0 Å². The molecule has 136 valence electrons. The van der Waals surface area contributed by atoms with Crippen molar-refractivity contribution in [3.63, 3.8) is 0 Å². The minimum Gasteiger partial charge on any atom is -0.452 e. The Morgan fingerprint density at radius 1 is 1.35 bits per heavy atom. The molecule has 1 aliphatic heterocycles. The number of esters is 1. The van der Waals surface area contributed by atoms with Crippen LogP contribution in [0, 0.1) is 17.2 Å². The van der Waals surface area contributed by atoms with E-state index in [9.17, 15) is 19.6 Å². The Labute approximate surface area is 151 Å². The van der Waals surface area contributed by atoms with E-state index in [4.69, 9.17) is 4.74 Å². The zero-order chi connectivity index (χ0) is 18.7. The summed E-state index contributed by atoms with van der Waals surface area (Å²) in [4.78, 5) is 37.5. The molecule has 1 N–H and O–H groups in total. The van der Waals surface area contributed by atoms with Crippen LogP contribution in [0.4, 0.5) is 5.69 Å². The smallest absolute Gasteiger partial charge is 0.338 e. The van der Waals surface area contributed by atoms with E-state index in [1.807, 2.05) is 0 Å². The molecule has 1 aromatic carbocycles. The highest BCUT2D eigenvalue weighted by atomic mass is 16.5. The topological polar surface area (TPSA) is 99.5 Å². The van der Waals surface area contributed by atoms with Gasteiger partial charge in [-0.1, -0.05) is 0 Å². The van der Waals surface area contributed by atoms with Crippen LogP contribution in [0.25, 0.3) is 0 Å². The van der Waals surface area contributed by atoms with Crippen LogP contribution in [0.5, 0.6) is 0 Å². The zero-order valence-electron chi connectivity index (χ0n) is 14.7. The van der Waals surface area contributed by atoms with Crippen molar-refractivity contribution in [2.75, 3.05) is 18.1 Å².